The maximum absolute atomic E-state index is 13.0. The van der Waals surface area contributed by atoms with Crippen LogP contribution in [0.5, 0.6) is 0 Å². The lowest BCUT2D eigenvalue weighted by molar-refractivity contribution is -0.114. The predicted octanol–water partition coefficient (Wildman–Crippen LogP) is 3.90. The summed E-state index contributed by atoms with van der Waals surface area (Å²) in [6, 6.07) is 12.9. The van der Waals surface area contributed by atoms with E-state index < -0.39 is 5.82 Å². The number of hydrogen-bond donors (Lipinski definition) is 2. The van der Waals surface area contributed by atoms with Gasteiger partial charge in [0, 0.05) is 15.8 Å². The van der Waals surface area contributed by atoms with Crippen molar-refractivity contribution in [3.8, 4) is 0 Å². The second-order valence-corrected chi connectivity index (χ2v) is 6.51. The summed E-state index contributed by atoms with van der Waals surface area (Å²) in [5.41, 5.74) is 1.10. The van der Waals surface area contributed by atoms with Crippen LogP contribution < -0.4 is 10.6 Å². The van der Waals surface area contributed by atoms with E-state index in [1.54, 1.807) is 18.2 Å². The van der Waals surface area contributed by atoms with E-state index in [0.29, 0.717) is 11.4 Å². The second kappa shape index (κ2) is 8.69. The molecule has 2 amide bonds. The van der Waals surface area contributed by atoms with Crippen LogP contribution >= 0.6 is 27.7 Å². The standard InChI is InChI=1S/C16H14BrFN2O2S/c17-11-4-6-13(7-5-11)19-15(21)9-23-10-16(22)20-14-3-1-2-12(18)8-14/h1-8H,9-10H2,(H,19,21)(H,20,22). The van der Waals surface area contributed by atoms with Gasteiger partial charge in [-0.1, -0.05) is 22.0 Å². The van der Waals surface area contributed by atoms with Gasteiger partial charge in [-0.05, 0) is 42.5 Å². The molecular weight excluding hydrogens is 383 g/mol. The number of benzene rings is 2. The highest BCUT2D eigenvalue weighted by molar-refractivity contribution is 9.10. The molecule has 0 spiro atoms. The lowest BCUT2D eigenvalue weighted by Crippen LogP contribution is -2.18. The number of hydrogen-bond acceptors (Lipinski definition) is 3. The summed E-state index contributed by atoms with van der Waals surface area (Å²) < 4.78 is 13.9. The number of thioether (sulfide) groups is 1. The maximum Gasteiger partial charge on any atom is 0.234 e. The minimum atomic E-state index is -0.413. The Labute approximate surface area is 146 Å². The minimum Gasteiger partial charge on any atom is -0.325 e. The van der Waals surface area contributed by atoms with E-state index in [0.717, 1.165) is 4.47 Å². The molecule has 2 aromatic rings. The Morgan fingerprint density at radius 2 is 1.57 bits per heavy atom. The van der Waals surface area contributed by atoms with E-state index in [1.165, 1.54) is 30.0 Å². The van der Waals surface area contributed by atoms with Gasteiger partial charge in [0.1, 0.15) is 5.82 Å². The Balaban J connectivity index is 1.70. The highest BCUT2D eigenvalue weighted by atomic mass is 79.9. The smallest absolute Gasteiger partial charge is 0.234 e. The monoisotopic (exact) mass is 396 g/mol. The Bertz CT molecular complexity index is 695. The fourth-order valence-electron chi connectivity index (χ4n) is 1.73. The lowest BCUT2D eigenvalue weighted by atomic mass is 10.3. The van der Waals surface area contributed by atoms with Crippen molar-refractivity contribution in [2.75, 3.05) is 22.1 Å². The molecule has 23 heavy (non-hydrogen) atoms. The molecule has 7 heteroatoms. The maximum atomic E-state index is 13.0. The molecule has 0 atom stereocenters. The molecule has 0 bridgehead atoms. The van der Waals surface area contributed by atoms with Gasteiger partial charge < -0.3 is 10.6 Å². The van der Waals surface area contributed by atoms with E-state index >= 15 is 0 Å². The van der Waals surface area contributed by atoms with Crippen LogP contribution in [0.2, 0.25) is 0 Å². The molecule has 120 valence electrons. The van der Waals surface area contributed by atoms with Crippen LogP contribution in [0.3, 0.4) is 0 Å². The van der Waals surface area contributed by atoms with Crippen LogP contribution in [0.4, 0.5) is 15.8 Å². The Morgan fingerprint density at radius 1 is 0.957 bits per heavy atom. The first-order valence-corrected chi connectivity index (χ1v) is 8.66. The second-order valence-electron chi connectivity index (χ2n) is 4.61. The van der Waals surface area contributed by atoms with Crippen molar-refractivity contribution in [2.24, 2.45) is 0 Å². The zero-order chi connectivity index (χ0) is 16.7. The van der Waals surface area contributed by atoms with Crippen LogP contribution in [0, 0.1) is 5.82 Å². The summed E-state index contributed by atoms with van der Waals surface area (Å²) in [6.45, 7) is 0. The van der Waals surface area contributed by atoms with Crippen molar-refractivity contribution < 1.29 is 14.0 Å². The third kappa shape index (κ3) is 6.42. The van der Waals surface area contributed by atoms with Crippen molar-refractivity contribution in [3.05, 3.63) is 58.8 Å². The largest absolute Gasteiger partial charge is 0.325 e. The normalized spacial score (nSPS) is 10.2. The van der Waals surface area contributed by atoms with E-state index in [1.807, 2.05) is 12.1 Å². The summed E-state index contributed by atoms with van der Waals surface area (Å²) in [6.07, 6.45) is 0. The van der Waals surface area contributed by atoms with Gasteiger partial charge in [0.15, 0.2) is 0 Å². The molecule has 4 nitrogen and oxygen atoms in total. The molecule has 0 aliphatic rings. The van der Waals surface area contributed by atoms with E-state index in [9.17, 15) is 14.0 Å². The predicted molar refractivity (Wildman–Crippen MR) is 95.1 cm³/mol. The van der Waals surface area contributed by atoms with Crippen LogP contribution in [0.15, 0.2) is 53.0 Å². The van der Waals surface area contributed by atoms with Gasteiger partial charge in [-0.3, -0.25) is 9.59 Å². The molecule has 0 saturated heterocycles. The van der Waals surface area contributed by atoms with Crippen molar-refractivity contribution in [3.63, 3.8) is 0 Å². The molecule has 0 aliphatic carbocycles. The van der Waals surface area contributed by atoms with Gasteiger partial charge in [-0.15, -0.1) is 11.8 Å². The third-order valence-electron chi connectivity index (χ3n) is 2.70. The highest BCUT2D eigenvalue weighted by Crippen LogP contribution is 2.15. The fourth-order valence-corrected chi connectivity index (χ4v) is 2.61. The summed E-state index contributed by atoms with van der Waals surface area (Å²) in [4.78, 5) is 23.5. The first-order chi connectivity index (χ1) is 11.0. The molecule has 0 unspecified atom stereocenters. The van der Waals surface area contributed by atoms with E-state index in [-0.39, 0.29) is 23.3 Å². The number of nitrogens with one attached hydrogen (secondary N) is 2. The van der Waals surface area contributed by atoms with Crippen molar-refractivity contribution in [1.29, 1.82) is 0 Å². The van der Waals surface area contributed by atoms with Gasteiger partial charge in [0.2, 0.25) is 11.8 Å². The van der Waals surface area contributed by atoms with Crippen LogP contribution in [0.25, 0.3) is 0 Å². The Hall–Kier alpha value is -1.86. The SMILES string of the molecule is O=C(CSCC(=O)Nc1cccc(F)c1)Nc1ccc(Br)cc1. The molecule has 2 rings (SSSR count). The number of rotatable bonds is 6. The Morgan fingerprint density at radius 3 is 2.17 bits per heavy atom. The average molecular weight is 397 g/mol. The number of anilines is 2. The van der Waals surface area contributed by atoms with Crippen molar-refractivity contribution in [2.45, 2.75) is 0 Å². The molecule has 0 fully saturated rings. The molecule has 0 aromatic heterocycles. The third-order valence-corrected chi connectivity index (χ3v) is 4.16. The summed E-state index contributed by atoms with van der Waals surface area (Å²) in [5, 5.41) is 5.31. The van der Waals surface area contributed by atoms with Gasteiger partial charge >= 0.3 is 0 Å². The van der Waals surface area contributed by atoms with Crippen LogP contribution in [-0.4, -0.2) is 23.3 Å². The average Bonchev–Trinajstić information content (AvgIpc) is 2.49. The molecule has 2 aromatic carbocycles. The minimum absolute atomic E-state index is 0.115. The molecule has 0 radical (unpaired) electrons. The van der Waals surface area contributed by atoms with Crippen LogP contribution in [-0.2, 0) is 9.59 Å². The fraction of sp³-hybridized carbons (Fsp3) is 0.125. The molecule has 0 aliphatic heterocycles. The van der Waals surface area contributed by atoms with Gasteiger partial charge in [-0.2, -0.15) is 0 Å². The number of carbonyl (C=O) groups is 2. The summed E-state index contributed by atoms with van der Waals surface area (Å²) in [5.74, 6) is -0.603. The van der Waals surface area contributed by atoms with E-state index in [2.05, 4.69) is 26.6 Å². The molecular formula is C16H14BrFN2O2S. The summed E-state index contributed by atoms with van der Waals surface area (Å²) in [7, 11) is 0. The first-order valence-electron chi connectivity index (χ1n) is 6.71. The zero-order valence-electron chi connectivity index (χ0n) is 12.0. The van der Waals surface area contributed by atoms with E-state index in [4.69, 9.17) is 0 Å². The molecule has 0 saturated carbocycles. The van der Waals surface area contributed by atoms with Crippen molar-refractivity contribution in [1.82, 2.24) is 0 Å². The number of halogens is 2. The topological polar surface area (TPSA) is 58.2 Å². The van der Waals surface area contributed by atoms with Gasteiger partial charge in [-0.25, -0.2) is 4.39 Å². The summed E-state index contributed by atoms with van der Waals surface area (Å²) >= 11 is 4.50. The highest BCUT2D eigenvalue weighted by Gasteiger charge is 2.07. The number of amides is 2. The quantitative estimate of drug-likeness (QED) is 0.778. The molecule has 0 heterocycles. The van der Waals surface area contributed by atoms with Crippen LogP contribution in [0.1, 0.15) is 0 Å². The zero-order valence-corrected chi connectivity index (χ0v) is 14.4. The number of carbonyl (C=O) groups excluding carboxylic acids is 2. The molecule has 2 N–H and O–H groups in total. The van der Waals surface area contributed by atoms with Gasteiger partial charge in [0.25, 0.3) is 0 Å². The van der Waals surface area contributed by atoms with Gasteiger partial charge in [0.05, 0.1) is 11.5 Å². The first kappa shape index (κ1) is 17.5. The van der Waals surface area contributed by atoms with Crippen molar-refractivity contribution >= 4 is 50.9 Å². The Kier molecular flexibility index (Phi) is 6.61. The lowest BCUT2D eigenvalue weighted by Gasteiger charge is -2.06.